The summed E-state index contributed by atoms with van der Waals surface area (Å²) < 4.78 is 42.6. The Kier molecular flexibility index (Phi) is 5.64. The van der Waals surface area contributed by atoms with Crippen LogP contribution in [-0.4, -0.2) is 44.1 Å². The van der Waals surface area contributed by atoms with Crippen LogP contribution in [0, 0.1) is 23.1 Å². The van der Waals surface area contributed by atoms with Gasteiger partial charge in [0, 0.05) is 25.2 Å². The van der Waals surface area contributed by atoms with Crippen molar-refractivity contribution in [2.24, 2.45) is 5.92 Å². The minimum atomic E-state index is -3.96. The first kappa shape index (κ1) is 22.5. The summed E-state index contributed by atoms with van der Waals surface area (Å²) >= 11 is 0. The molecule has 0 saturated carbocycles. The van der Waals surface area contributed by atoms with Crippen molar-refractivity contribution in [1.82, 2.24) is 4.31 Å². The maximum atomic E-state index is 13.9. The molecule has 3 aromatic rings. The van der Waals surface area contributed by atoms with Crippen LogP contribution in [0.4, 0.5) is 10.1 Å². The zero-order valence-corrected chi connectivity index (χ0v) is 19.4. The van der Waals surface area contributed by atoms with Crippen LogP contribution in [0.15, 0.2) is 71.6 Å². The summed E-state index contributed by atoms with van der Waals surface area (Å²) in [4.78, 5) is 1.94. The summed E-state index contributed by atoms with van der Waals surface area (Å²) in [6.07, 6.45) is 0.586. The lowest BCUT2D eigenvalue weighted by Crippen LogP contribution is -2.48. The standard InChI is InChI=1S/C26H24FN3O3S/c1-29-24-9-8-19(18-5-2-4-17(12-18)15-28)13-23(24)26-22(25(29)16-31)10-11-30(26)34(32,33)21-7-3-6-20(27)14-21/h2-9,12-14,22,25-26,31H,10-11,16H2,1H3/t22-,25+,26-/m1/s1. The Balaban J connectivity index is 1.65. The van der Waals surface area contributed by atoms with E-state index in [1.165, 1.54) is 22.5 Å². The molecular formula is C26H24FN3O3S. The molecule has 6 nitrogen and oxygen atoms in total. The molecule has 0 unspecified atom stereocenters. The number of likely N-dealkylation sites (N-methyl/N-ethyl adjacent to an activating group) is 1. The number of halogens is 1. The van der Waals surface area contributed by atoms with Gasteiger partial charge in [0.05, 0.1) is 35.2 Å². The molecule has 2 aliphatic rings. The van der Waals surface area contributed by atoms with Crippen LogP contribution < -0.4 is 4.90 Å². The molecule has 34 heavy (non-hydrogen) atoms. The van der Waals surface area contributed by atoms with Crippen LogP contribution >= 0.6 is 0 Å². The summed E-state index contributed by atoms with van der Waals surface area (Å²) in [5.74, 6) is -0.722. The van der Waals surface area contributed by atoms with E-state index >= 15 is 0 Å². The zero-order valence-electron chi connectivity index (χ0n) is 18.6. The largest absolute Gasteiger partial charge is 0.394 e. The van der Waals surface area contributed by atoms with Gasteiger partial charge in [-0.2, -0.15) is 9.57 Å². The third kappa shape index (κ3) is 3.57. The van der Waals surface area contributed by atoms with Crippen molar-refractivity contribution in [2.75, 3.05) is 25.1 Å². The summed E-state index contributed by atoms with van der Waals surface area (Å²) in [6, 6.07) is 19.6. The van der Waals surface area contributed by atoms with E-state index in [0.717, 1.165) is 28.4 Å². The molecular weight excluding hydrogens is 453 g/mol. The van der Waals surface area contributed by atoms with E-state index in [9.17, 15) is 23.2 Å². The Labute approximate surface area is 198 Å². The van der Waals surface area contributed by atoms with Gasteiger partial charge in [-0.25, -0.2) is 12.8 Å². The average Bonchev–Trinajstić information content (AvgIpc) is 3.30. The Bertz CT molecular complexity index is 1400. The third-order valence-corrected chi connectivity index (χ3v) is 8.91. The molecule has 1 saturated heterocycles. The molecule has 2 aliphatic heterocycles. The highest BCUT2D eigenvalue weighted by Gasteiger charge is 2.50. The monoisotopic (exact) mass is 477 g/mol. The van der Waals surface area contributed by atoms with Crippen molar-refractivity contribution < 1.29 is 17.9 Å². The number of nitriles is 1. The first-order chi connectivity index (χ1) is 16.3. The second-order valence-corrected chi connectivity index (χ2v) is 10.7. The summed E-state index contributed by atoms with van der Waals surface area (Å²) in [5.41, 5.74) is 3.97. The van der Waals surface area contributed by atoms with Gasteiger partial charge in [0.25, 0.3) is 0 Å². The number of sulfonamides is 1. The molecule has 3 atom stereocenters. The van der Waals surface area contributed by atoms with E-state index in [2.05, 4.69) is 6.07 Å². The van der Waals surface area contributed by atoms with Crippen LogP contribution in [0.1, 0.15) is 23.6 Å². The summed E-state index contributed by atoms with van der Waals surface area (Å²) in [7, 11) is -2.05. The number of aliphatic hydroxyl groups is 1. The van der Waals surface area contributed by atoms with Crippen LogP contribution in [0.2, 0.25) is 0 Å². The maximum absolute atomic E-state index is 13.9. The predicted octanol–water partition coefficient (Wildman–Crippen LogP) is 3.93. The molecule has 5 rings (SSSR count). The number of hydrogen-bond donors (Lipinski definition) is 1. The number of nitrogens with zero attached hydrogens (tertiary/aromatic N) is 3. The molecule has 0 aliphatic carbocycles. The Hall–Kier alpha value is -3.25. The van der Waals surface area contributed by atoms with Crippen molar-refractivity contribution in [3.63, 3.8) is 0 Å². The summed E-state index contributed by atoms with van der Waals surface area (Å²) in [6.45, 7) is 0.184. The minimum Gasteiger partial charge on any atom is -0.394 e. The van der Waals surface area contributed by atoms with Crippen molar-refractivity contribution in [3.8, 4) is 17.2 Å². The molecule has 1 fully saturated rings. The Morgan fingerprint density at radius 3 is 2.59 bits per heavy atom. The topological polar surface area (TPSA) is 84.6 Å². The smallest absolute Gasteiger partial charge is 0.243 e. The van der Waals surface area contributed by atoms with E-state index in [0.29, 0.717) is 12.0 Å². The van der Waals surface area contributed by atoms with Crippen molar-refractivity contribution in [3.05, 3.63) is 83.7 Å². The first-order valence-corrected chi connectivity index (χ1v) is 12.5. The van der Waals surface area contributed by atoms with Gasteiger partial charge in [0.1, 0.15) is 5.82 Å². The van der Waals surface area contributed by atoms with Gasteiger partial charge in [-0.1, -0.05) is 24.3 Å². The lowest BCUT2D eigenvalue weighted by atomic mass is 9.81. The number of hydrogen-bond acceptors (Lipinski definition) is 5. The van der Waals surface area contributed by atoms with E-state index in [1.807, 2.05) is 42.3 Å². The highest BCUT2D eigenvalue weighted by Crippen LogP contribution is 2.51. The van der Waals surface area contributed by atoms with Gasteiger partial charge in [0.2, 0.25) is 10.0 Å². The lowest BCUT2D eigenvalue weighted by molar-refractivity contribution is 0.193. The molecule has 174 valence electrons. The molecule has 0 aromatic heterocycles. The lowest BCUT2D eigenvalue weighted by Gasteiger charge is -2.44. The normalized spacial score (nSPS) is 22.2. The molecule has 1 N–H and O–H groups in total. The first-order valence-electron chi connectivity index (χ1n) is 11.1. The number of anilines is 1. The quantitative estimate of drug-likeness (QED) is 0.616. The fourth-order valence-corrected chi connectivity index (χ4v) is 7.09. The van der Waals surface area contributed by atoms with Crippen molar-refractivity contribution in [1.29, 1.82) is 5.26 Å². The zero-order chi connectivity index (χ0) is 24.0. The summed E-state index contributed by atoms with van der Waals surface area (Å²) in [5, 5.41) is 19.5. The van der Waals surface area contributed by atoms with E-state index < -0.39 is 21.9 Å². The average molecular weight is 478 g/mol. The second-order valence-electron chi connectivity index (χ2n) is 8.80. The Morgan fingerprint density at radius 2 is 1.85 bits per heavy atom. The highest BCUT2D eigenvalue weighted by atomic mass is 32.2. The van der Waals surface area contributed by atoms with Gasteiger partial charge < -0.3 is 10.0 Å². The molecule has 0 radical (unpaired) electrons. The van der Waals surface area contributed by atoms with E-state index in [1.54, 1.807) is 12.1 Å². The van der Waals surface area contributed by atoms with Crippen LogP contribution in [-0.2, 0) is 10.0 Å². The van der Waals surface area contributed by atoms with Crippen molar-refractivity contribution in [2.45, 2.75) is 23.4 Å². The van der Waals surface area contributed by atoms with Gasteiger partial charge >= 0.3 is 0 Å². The van der Waals surface area contributed by atoms with Gasteiger partial charge in [-0.15, -0.1) is 0 Å². The molecule has 8 heteroatoms. The van der Waals surface area contributed by atoms with E-state index in [-0.39, 0.29) is 30.0 Å². The SMILES string of the molecule is CN1c2ccc(-c3cccc(C#N)c3)cc2[C@H]2[C@H](CCN2S(=O)(=O)c2cccc(F)c2)[C@@H]1CO. The number of fused-ring (bicyclic) bond motifs is 3. The fourth-order valence-electron chi connectivity index (χ4n) is 5.39. The molecule has 0 bridgehead atoms. The van der Waals surface area contributed by atoms with Gasteiger partial charge in [-0.3, -0.25) is 0 Å². The predicted molar refractivity (Wildman–Crippen MR) is 127 cm³/mol. The fraction of sp³-hybridized carbons (Fsp3) is 0.269. The molecule has 0 spiro atoms. The molecule has 3 aromatic carbocycles. The van der Waals surface area contributed by atoms with Crippen LogP contribution in [0.3, 0.4) is 0 Å². The number of benzene rings is 3. The van der Waals surface area contributed by atoms with E-state index in [4.69, 9.17) is 0 Å². The maximum Gasteiger partial charge on any atom is 0.243 e. The Morgan fingerprint density at radius 1 is 1.09 bits per heavy atom. The molecule has 2 heterocycles. The van der Waals surface area contributed by atoms with Crippen LogP contribution in [0.5, 0.6) is 0 Å². The van der Waals surface area contributed by atoms with Crippen LogP contribution in [0.25, 0.3) is 11.1 Å². The van der Waals surface area contributed by atoms with Gasteiger partial charge in [-0.05, 0) is 65.6 Å². The number of aliphatic hydroxyl groups excluding tert-OH is 1. The van der Waals surface area contributed by atoms with Gasteiger partial charge in [0.15, 0.2) is 0 Å². The molecule has 0 amide bonds. The highest BCUT2D eigenvalue weighted by molar-refractivity contribution is 7.89. The minimum absolute atomic E-state index is 0.0768. The number of rotatable bonds is 4. The van der Waals surface area contributed by atoms with Crippen molar-refractivity contribution >= 4 is 15.7 Å². The second kappa shape index (κ2) is 8.51. The third-order valence-electron chi connectivity index (χ3n) is 7.03.